The van der Waals surface area contributed by atoms with Gasteiger partial charge in [-0.1, -0.05) is 18.2 Å². The van der Waals surface area contributed by atoms with Gasteiger partial charge in [0.1, 0.15) is 0 Å². The van der Waals surface area contributed by atoms with E-state index >= 15 is 0 Å². The Morgan fingerprint density at radius 1 is 1.22 bits per heavy atom. The Labute approximate surface area is 157 Å². The van der Waals surface area contributed by atoms with Gasteiger partial charge in [-0.25, -0.2) is 4.68 Å². The van der Waals surface area contributed by atoms with Gasteiger partial charge in [0.25, 0.3) is 5.56 Å². The van der Waals surface area contributed by atoms with Crippen LogP contribution in [0.5, 0.6) is 0 Å². The fraction of sp³-hybridized carbons (Fsp3) is 0.381. The minimum atomic E-state index is -0.0364. The Bertz CT molecular complexity index is 1040. The van der Waals surface area contributed by atoms with Crippen LogP contribution in [0.4, 0.5) is 5.69 Å². The van der Waals surface area contributed by atoms with Crippen molar-refractivity contribution in [1.29, 1.82) is 0 Å². The first-order chi connectivity index (χ1) is 13.3. The molecule has 3 aromatic rings. The summed E-state index contributed by atoms with van der Waals surface area (Å²) in [5, 5.41) is 5.81. The van der Waals surface area contributed by atoms with Crippen LogP contribution in [-0.4, -0.2) is 34.0 Å². The minimum Gasteiger partial charge on any atom is -0.376 e. The van der Waals surface area contributed by atoms with Crippen molar-refractivity contribution in [2.45, 2.75) is 38.5 Å². The van der Waals surface area contributed by atoms with Crippen LogP contribution in [0.2, 0.25) is 0 Å². The van der Waals surface area contributed by atoms with Crippen LogP contribution in [0.3, 0.4) is 0 Å². The molecule has 27 heavy (non-hydrogen) atoms. The van der Waals surface area contributed by atoms with Gasteiger partial charge >= 0.3 is 0 Å². The molecule has 1 aromatic carbocycles. The van der Waals surface area contributed by atoms with Gasteiger partial charge in [-0.3, -0.25) is 9.78 Å². The zero-order valence-corrected chi connectivity index (χ0v) is 15.2. The molecular weight excluding hydrogens is 340 g/mol. The lowest BCUT2D eigenvalue weighted by Crippen LogP contribution is -2.38. The first-order valence-corrected chi connectivity index (χ1v) is 9.58. The number of hydrogen-bond donors (Lipinski definition) is 0. The zero-order valence-electron chi connectivity index (χ0n) is 15.2. The Kier molecular flexibility index (Phi) is 4.13. The molecule has 1 saturated heterocycles. The average Bonchev–Trinajstić information content (AvgIpc) is 3.16. The smallest absolute Gasteiger partial charge is 0.267 e. The van der Waals surface area contributed by atoms with Crippen molar-refractivity contribution in [2.24, 2.45) is 0 Å². The van der Waals surface area contributed by atoms with Crippen LogP contribution < -0.4 is 10.5 Å². The molecule has 5 rings (SSSR count). The van der Waals surface area contributed by atoms with E-state index in [4.69, 9.17) is 4.74 Å². The van der Waals surface area contributed by atoms with Gasteiger partial charge in [0.15, 0.2) is 0 Å². The molecule has 1 unspecified atom stereocenters. The second-order valence-electron chi connectivity index (χ2n) is 7.28. The molecule has 4 heterocycles. The maximum Gasteiger partial charge on any atom is 0.267 e. The molecule has 1 fully saturated rings. The molecule has 0 N–H and O–H groups in total. The number of pyridine rings is 1. The highest BCUT2D eigenvalue weighted by atomic mass is 16.5. The lowest BCUT2D eigenvalue weighted by Gasteiger charge is -2.28. The Morgan fingerprint density at radius 2 is 2.15 bits per heavy atom. The third-order valence-corrected chi connectivity index (χ3v) is 5.60. The van der Waals surface area contributed by atoms with Crippen molar-refractivity contribution in [1.82, 2.24) is 14.8 Å². The molecule has 0 bridgehead atoms. The maximum atomic E-state index is 12.6. The second kappa shape index (κ2) is 6.78. The number of aromatic nitrogens is 3. The van der Waals surface area contributed by atoms with E-state index < -0.39 is 0 Å². The lowest BCUT2D eigenvalue weighted by molar-refractivity contribution is 0.108. The third kappa shape index (κ3) is 3.00. The van der Waals surface area contributed by atoms with Gasteiger partial charge in [-0.05, 0) is 25.0 Å². The van der Waals surface area contributed by atoms with Crippen molar-refractivity contribution in [2.75, 3.05) is 18.1 Å². The van der Waals surface area contributed by atoms with Crippen LogP contribution >= 0.6 is 0 Å². The van der Waals surface area contributed by atoms with E-state index in [0.717, 1.165) is 48.0 Å². The first kappa shape index (κ1) is 16.4. The molecule has 0 amide bonds. The summed E-state index contributed by atoms with van der Waals surface area (Å²) in [6.07, 6.45) is 4.83. The van der Waals surface area contributed by atoms with E-state index in [1.165, 1.54) is 5.69 Å². The van der Waals surface area contributed by atoms with Gasteiger partial charge in [0.2, 0.25) is 0 Å². The number of para-hydroxylation sites is 1. The van der Waals surface area contributed by atoms with Crippen molar-refractivity contribution < 1.29 is 4.74 Å². The molecule has 1 atom stereocenters. The molecule has 138 valence electrons. The third-order valence-electron chi connectivity index (χ3n) is 5.60. The van der Waals surface area contributed by atoms with E-state index in [1.54, 1.807) is 10.7 Å². The van der Waals surface area contributed by atoms with Crippen molar-refractivity contribution in [3.8, 4) is 0 Å². The summed E-state index contributed by atoms with van der Waals surface area (Å²) in [5.74, 6) is 0. The standard InChI is InChI=1S/C21H22N4O2/c26-21-12-15-14-27-11-8-18(15)23-25(21)13-16-4-3-10-24(16)20-7-9-22-19-6-2-1-5-17(19)20/h1-2,5-7,9,12,16H,3-4,8,10-11,13-14H2. The highest BCUT2D eigenvalue weighted by Crippen LogP contribution is 2.31. The molecular formula is C21H22N4O2. The minimum absolute atomic E-state index is 0.0364. The number of benzene rings is 1. The van der Waals surface area contributed by atoms with Crippen LogP contribution in [0.25, 0.3) is 10.9 Å². The number of hydrogen-bond acceptors (Lipinski definition) is 5. The number of ether oxygens (including phenoxy) is 1. The first-order valence-electron chi connectivity index (χ1n) is 9.58. The van der Waals surface area contributed by atoms with Crippen LogP contribution in [-0.2, 0) is 24.3 Å². The van der Waals surface area contributed by atoms with E-state index in [1.807, 2.05) is 18.3 Å². The van der Waals surface area contributed by atoms with Gasteiger partial charge in [-0.15, -0.1) is 0 Å². The Hall–Kier alpha value is -2.73. The monoisotopic (exact) mass is 362 g/mol. The number of rotatable bonds is 3. The van der Waals surface area contributed by atoms with Gasteiger partial charge in [0.05, 0.1) is 31.0 Å². The van der Waals surface area contributed by atoms with Crippen molar-refractivity contribution in [3.63, 3.8) is 0 Å². The van der Waals surface area contributed by atoms with Crippen molar-refractivity contribution in [3.05, 3.63) is 64.2 Å². The SMILES string of the molecule is O=c1cc2c(nn1CC1CCCN1c1ccnc3ccccc13)CCOC2. The van der Waals surface area contributed by atoms with E-state index in [2.05, 4.69) is 33.2 Å². The molecule has 0 aliphatic carbocycles. The summed E-state index contributed by atoms with van der Waals surface area (Å²) in [4.78, 5) is 19.4. The summed E-state index contributed by atoms with van der Waals surface area (Å²) < 4.78 is 7.09. The predicted octanol–water partition coefficient (Wildman–Crippen LogP) is 2.53. The summed E-state index contributed by atoms with van der Waals surface area (Å²) in [6, 6.07) is 12.3. The topological polar surface area (TPSA) is 60.2 Å². The highest BCUT2D eigenvalue weighted by molar-refractivity contribution is 5.91. The predicted molar refractivity (Wildman–Crippen MR) is 104 cm³/mol. The summed E-state index contributed by atoms with van der Waals surface area (Å²) in [5.41, 5.74) is 4.10. The van der Waals surface area contributed by atoms with E-state index in [9.17, 15) is 4.79 Å². The molecule has 2 aliphatic rings. The number of anilines is 1. The summed E-state index contributed by atoms with van der Waals surface area (Å²) in [7, 11) is 0. The second-order valence-corrected chi connectivity index (χ2v) is 7.28. The molecule has 6 nitrogen and oxygen atoms in total. The summed E-state index contributed by atoms with van der Waals surface area (Å²) >= 11 is 0. The van der Waals surface area contributed by atoms with Gasteiger partial charge in [0, 0.05) is 47.9 Å². The Morgan fingerprint density at radius 3 is 3.11 bits per heavy atom. The van der Waals surface area contributed by atoms with E-state index in [-0.39, 0.29) is 11.6 Å². The average molecular weight is 362 g/mol. The van der Waals surface area contributed by atoms with Gasteiger partial charge in [-0.2, -0.15) is 5.10 Å². The molecule has 0 saturated carbocycles. The normalized spacial score (nSPS) is 19.4. The molecule has 2 aromatic heterocycles. The van der Waals surface area contributed by atoms with E-state index in [0.29, 0.717) is 19.8 Å². The fourth-order valence-electron chi connectivity index (χ4n) is 4.26. The van der Waals surface area contributed by atoms with Crippen LogP contribution in [0.1, 0.15) is 24.1 Å². The molecule has 6 heteroatoms. The largest absolute Gasteiger partial charge is 0.376 e. The quantitative estimate of drug-likeness (QED) is 0.717. The lowest BCUT2D eigenvalue weighted by atomic mass is 10.1. The van der Waals surface area contributed by atoms with Crippen LogP contribution in [0, 0.1) is 0 Å². The van der Waals surface area contributed by atoms with Gasteiger partial charge < -0.3 is 9.64 Å². The number of fused-ring (bicyclic) bond motifs is 2. The number of nitrogens with zero attached hydrogens (tertiary/aromatic N) is 4. The van der Waals surface area contributed by atoms with Crippen molar-refractivity contribution >= 4 is 16.6 Å². The maximum absolute atomic E-state index is 12.6. The van der Waals surface area contributed by atoms with Crippen LogP contribution in [0.15, 0.2) is 47.4 Å². The molecule has 2 aliphatic heterocycles. The zero-order chi connectivity index (χ0) is 18.2. The fourth-order valence-corrected chi connectivity index (χ4v) is 4.26. The summed E-state index contributed by atoms with van der Waals surface area (Å²) in [6.45, 7) is 2.78. The molecule has 0 spiro atoms. The highest BCUT2D eigenvalue weighted by Gasteiger charge is 2.27. The molecule has 0 radical (unpaired) electrons. The Balaban J connectivity index is 1.48.